The van der Waals surface area contributed by atoms with E-state index in [1.54, 1.807) is 12.1 Å². The lowest BCUT2D eigenvalue weighted by Crippen LogP contribution is -2.16. The maximum absolute atomic E-state index is 12.8. The van der Waals surface area contributed by atoms with Crippen molar-refractivity contribution in [1.82, 2.24) is 9.97 Å². The zero-order valence-electron chi connectivity index (χ0n) is 16.5. The summed E-state index contributed by atoms with van der Waals surface area (Å²) in [6, 6.07) is 15.0. The SMILES string of the molecule is CCOc1ccccc1NC(=O)c1cc(C)nc(Nc2cccc(C)c2C)n1. The number of aromatic nitrogens is 2. The molecule has 0 saturated carbocycles. The molecular formula is C22H24N4O2. The molecule has 3 aromatic rings. The van der Waals surface area contributed by atoms with Gasteiger partial charge in [0.15, 0.2) is 0 Å². The topological polar surface area (TPSA) is 76.1 Å². The van der Waals surface area contributed by atoms with E-state index in [0.29, 0.717) is 29.7 Å². The number of carbonyl (C=O) groups excluding carboxylic acids is 1. The van der Waals surface area contributed by atoms with Gasteiger partial charge in [0.1, 0.15) is 11.4 Å². The van der Waals surface area contributed by atoms with Crippen molar-refractivity contribution in [2.75, 3.05) is 17.2 Å². The van der Waals surface area contributed by atoms with Gasteiger partial charge in [-0.25, -0.2) is 9.97 Å². The van der Waals surface area contributed by atoms with Crippen LogP contribution < -0.4 is 15.4 Å². The average Bonchev–Trinajstić information content (AvgIpc) is 2.67. The molecule has 0 atom stereocenters. The van der Waals surface area contributed by atoms with Crippen LogP contribution in [0, 0.1) is 20.8 Å². The van der Waals surface area contributed by atoms with Crippen molar-refractivity contribution in [3.63, 3.8) is 0 Å². The molecule has 28 heavy (non-hydrogen) atoms. The quantitative estimate of drug-likeness (QED) is 0.646. The van der Waals surface area contributed by atoms with E-state index in [-0.39, 0.29) is 11.6 Å². The normalized spacial score (nSPS) is 10.4. The molecule has 6 heteroatoms. The first kappa shape index (κ1) is 19.4. The van der Waals surface area contributed by atoms with Crippen LogP contribution in [0.25, 0.3) is 0 Å². The molecule has 0 spiro atoms. The smallest absolute Gasteiger partial charge is 0.274 e. The highest BCUT2D eigenvalue weighted by Crippen LogP contribution is 2.25. The highest BCUT2D eigenvalue weighted by Gasteiger charge is 2.14. The first-order valence-corrected chi connectivity index (χ1v) is 9.20. The van der Waals surface area contributed by atoms with Crippen molar-refractivity contribution in [3.8, 4) is 5.75 Å². The second kappa shape index (κ2) is 8.52. The van der Waals surface area contributed by atoms with Gasteiger partial charge in [-0.05, 0) is 63.1 Å². The third-order valence-electron chi connectivity index (χ3n) is 4.37. The number of nitrogens with one attached hydrogen (secondary N) is 2. The summed E-state index contributed by atoms with van der Waals surface area (Å²) in [5, 5.41) is 6.09. The minimum atomic E-state index is -0.318. The molecule has 0 radical (unpaired) electrons. The van der Waals surface area contributed by atoms with Crippen LogP contribution in [0.1, 0.15) is 34.2 Å². The second-order valence-corrected chi connectivity index (χ2v) is 6.47. The van der Waals surface area contributed by atoms with E-state index in [1.165, 1.54) is 5.56 Å². The first-order valence-electron chi connectivity index (χ1n) is 9.20. The van der Waals surface area contributed by atoms with Crippen LogP contribution in [0.2, 0.25) is 0 Å². The summed E-state index contributed by atoms with van der Waals surface area (Å²) in [4.78, 5) is 21.6. The van der Waals surface area contributed by atoms with Crippen molar-refractivity contribution in [2.24, 2.45) is 0 Å². The maximum Gasteiger partial charge on any atom is 0.274 e. The Kier molecular flexibility index (Phi) is 5.89. The van der Waals surface area contributed by atoms with Gasteiger partial charge in [-0.3, -0.25) is 4.79 Å². The number of amides is 1. The minimum Gasteiger partial charge on any atom is -0.492 e. The largest absolute Gasteiger partial charge is 0.492 e. The molecule has 0 bridgehead atoms. The molecule has 1 aromatic heterocycles. The zero-order valence-corrected chi connectivity index (χ0v) is 16.5. The van der Waals surface area contributed by atoms with Gasteiger partial charge in [0.05, 0.1) is 12.3 Å². The fourth-order valence-corrected chi connectivity index (χ4v) is 2.79. The number of para-hydroxylation sites is 2. The Morgan fingerprint density at radius 1 is 1.00 bits per heavy atom. The molecule has 2 N–H and O–H groups in total. The molecule has 1 amide bonds. The van der Waals surface area contributed by atoms with Crippen molar-refractivity contribution in [2.45, 2.75) is 27.7 Å². The van der Waals surface area contributed by atoms with Crippen molar-refractivity contribution in [1.29, 1.82) is 0 Å². The summed E-state index contributed by atoms with van der Waals surface area (Å²) in [5.41, 5.74) is 4.79. The molecule has 0 unspecified atom stereocenters. The minimum absolute atomic E-state index is 0.284. The Morgan fingerprint density at radius 3 is 2.54 bits per heavy atom. The van der Waals surface area contributed by atoms with E-state index in [9.17, 15) is 4.79 Å². The Bertz CT molecular complexity index is 1000. The lowest BCUT2D eigenvalue weighted by atomic mass is 10.1. The number of aryl methyl sites for hydroxylation is 2. The van der Waals surface area contributed by atoms with E-state index in [4.69, 9.17) is 4.74 Å². The maximum atomic E-state index is 12.8. The summed E-state index contributed by atoms with van der Waals surface area (Å²) in [6.07, 6.45) is 0. The van der Waals surface area contributed by atoms with Crippen LogP contribution >= 0.6 is 0 Å². The summed E-state index contributed by atoms with van der Waals surface area (Å²) in [5.74, 6) is 0.691. The number of rotatable bonds is 6. The Balaban J connectivity index is 1.85. The Morgan fingerprint density at radius 2 is 1.75 bits per heavy atom. The van der Waals surface area contributed by atoms with Gasteiger partial charge in [0, 0.05) is 11.4 Å². The molecule has 0 saturated heterocycles. The third kappa shape index (κ3) is 4.46. The number of carbonyl (C=O) groups is 1. The molecule has 0 fully saturated rings. The average molecular weight is 376 g/mol. The summed E-state index contributed by atoms with van der Waals surface area (Å²) < 4.78 is 5.56. The number of hydrogen-bond acceptors (Lipinski definition) is 5. The lowest BCUT2D eigenvalue weighted by molar-refractivity contribution is 0.102. The Hall–Kier alpha value is -3.41. The van der Waals surface area contributed by atoms with Gasteiger partial charge >= 0.3 is 0 Å². The molecule has 0 aliphatic heterocycles. The molecule has 0 aliphatic carbocycles. The first-order chi connectivity index (χ1) is 13.5. The van der Waals surface area contributed by atoms with E-state index >= 15 is 0 Å². The van der Waals surface area contributed by atoms with Crippen molar-refractivity contribution < 1.29 is 9.53 Å². The van der Waals surface area contributed by atoms with Crippen LogP contribution in [0.5, 0.6) is 5.75 Å². The van der Waals surface area contributed by atoms with Crippen LogP contribution in [0.15, 0.2) is 48.5 Å². The predicted molar refractivity (Wildman–Crippen MR) is 112 cm³/mol. The zero-order chi connectivity index (χ0) is 20.1. The fraction of sp³-hybridized carbons (Fsp3) is 0.227. The highest BCUT2D eigenvalue weighted by molar-refractivity contribution is 6.03. The van der Waals surface area contributed by atoms with Gasteiger partial charge < -0.3 is 15.4 Å². The summed E-state index contributed by atoms with van der Waals surface area (Å²) in [7, 11) is 0. The van der Waals surface area contributed by atoms with E-state index in [1.807, 2.05) is 64.1 Å². The standard InChI is InChI=1S/C22H24N4O2/c1-5-28-20-12-7-6-10-18(20)24-21(27)19-13-15(3)23-22(26-19)25-17-11-8-9-14(2)16(17)4/h6-13H,5H2,1-4H3,(H,24,27)(H,23,25,26). The number of anilines is 3. The summed E-state index contributed by atoms with van der Waals surface area (Å²) >= 11 is 0. The molecule has 144 valence electrons. The molecule has 2 aromatic carbocycles. The number of ether oxygens (including phenoxy) is 1. The molecule has 6 nitrogen and oxygen atoms in total. The van der Waals surface area contributed by atoms with Crippen molar-refractivity contribution in [3.05, 3.63) is 71.0 Å². The van der Waals surface area contributed by atoms with E-state index in [2.05, 4.69) is 20.6 Å². The van der Waals surface area contributed by atoms with Crippen LogP contribution in [0.4, 0.5) is 17.3 Å². The van der Waals surface area contributed by atoms with Crippen molar-refractivity contribution >= 4 is 23.2 Å². The number of benzene rings is 2. The fourth-order valence-electron chi connectivity index (χ4n) is 2.79. The van der Waals surface area contributed by atoms with Gasteiger partial charge in [-0.2, -0.15) is 0 Å². The van der Waals surface area contributed by atoms with Crippen LogP contribution in [-0.4, -0.2) is 22.5 Å². The third-order valence-corrected chi connectivity index (χ3v) is 4.37. The monoisotopic (exact) mass is 376 g/mol. The van der Waals surface area contributed by atoms with E-state index in [0.717, 1.165) is 11.3 Å². The Labute approximate surface area is 165 Å². The molecule has 0 aliphatic rings. The second-order valence-electron chi connectivity index (χ2n) is 6.47. The molecule has 3 rings (SSSR count). The van der Waals surface area contributed by atoms with Gasteiger partial charge in [0.2, 0.25) is 5.95 Å². The predicted octanol–water partition coefficient (Wildman–Crippen LogP) is 4.80. The highest BCUT2D eigenvalue weighted by atomic mass is 16.5. The number of hydrogen-bond donors (Lipinski definition) is 2. The van der Waals surface area contributed by atoms with Crippen LogP contribution in [0.3, 0.4) is 0 Å². The summed E-state index contributed by atoms with van der Waals surface area (Å²) in [6.45, 7) is 8.33. The van der Waals surface area contributed by atoms with Gasteiger partial charge in [0.25, 0.3) is 5.91 Å². The van der Waals surface area contributed by atoms with Gasteiger partial charge in [-0.1, -0.05) is 24.3 Å². The number of nitrogens with zero attached hydrogens (tertiary/aromatic N) is 2. The van der Waals surface area contributed by atoms with Crippen LogP contribution in [-0.2, 0) is 0 Å². The van der Waals surface area contributed by atoms with Gasteiger partial charge in [-0.15, -0.1) is 0 Å². The van der Waals surface area contributed by atoms with E-state index < -0.39 is 0 Å². The lowest BCUT2D eigenvalue weighted by Gasteiger charge is -2.13. The molecular weight excluding hydrogens is 352 g/mol. The molecule has 1 heterocycles.